The van der Waals surface area contributed by atoms with Crippen LogP contribution < -0.4 is 10.0 Å². The zero-order valence-corrected chi connectivity index (χ0v) is 14.8. The van der Waals surface area contributed by atoms with Gasteiger partial charge in [-0.2, -0.15) is 0 Å². The third-order valence-electron chi connectivity index (χ3n) is 4.34. The summed E-state index contributed by atoms with van der Waals surface area (Å²) in [5, 5.41) is 4.84. The zero-order valence-electron chi connectivity index (χ0n) is 14.0. The van der Waals surface area contributed by atoms with Crippen LogP contribution in [0.3, 0.4) is 0 Å². The highest BCUT2D eigenvalue weighted by atomic mass is 32.2. The molecule has 0 unspecified atom stereocenters. The molecule has 0 spiro atoms. The second-order valence-electron chi connectivity index (χ2n) is 6.40. The Morgan fingerprint density at radius 3 is 2.46 bits per heavy atom. The molecule has 1 aliphatic rings. The molecule has 1 amide bonds. The van der Waals surface area contributed by atoms with Crippen LogP contribution in [-0.2, 0) is 10.0 Å². The molecule has 1 saturated carbocycles. The Morgan fingerprint density at radius 2 is 1.65 bits per heavy atom. The molecule has 3 aromatic rings. The van der Waals surface area contributed by atoms with E-state index in [0.717, 1.165) is 23.6 Å². The van der Waals surface area contributed by atoms with Crippen LogP contribution in [0.2, 0.25) is 0 Å². The van der Waals surface area contributed by atoms with Crippen molar-refractivity contribution in [3.05, 3.63) is 72.3 Å². The first-order valence-electron chi connectivity index (χ1n) is 8.44. The van der Waals surface area contributed by atoms with Gasteiger partial charge in [0.05, 0.1) is 4.90 Å². The maximum atomic E-state index is 12.6. The van der Waals surface area contributed by atoms with Crippen LogP contribution in [0.1, 0.15) is 23.2 Å². The molecular formula is C20H18N2O3S. The van der Waals surface area contributed by atoms with E-state index in [2.05, 4.69) is 10.0 Å². The fraction of sp³-hybridized carbons (Fsp3) is 0.150. The van der Waals surface area contributed by atoms with Crippen molar-refractivity contribution in [2.75, 3.05) is 5.32 Å². The van der Waals surface area contributed by atoms with Crippen molar-refractivity contribution in [1.29, 1.82) is 0 Å². The highest BCUT2D eigenvalue weighted by molar-refractivity contribution is 7.89. The summed E-state index contributed by atoms with van der Waals surface area (Å²) in [4.78, 5) is 12.8. The van der Waals surface area contributed by atoms with Crippen LogP contribution >= 0.6 is 0 Å². The predicted octanol–water partition coefficient (Wildman–Crippen LogP) is 3.53. The molecule has 0 aliphatic heterocycles. The molecule has 0 heterocycles. The molecule has 3 aromatic carbocycles. The molecule has 0 radical (unpaired) electrons. The second-order valence-corrected chi connectivity index (χ2v) is 8.12. The molecule has 5 nitrogen and oxygen atoms in total. The summed E-state index contributed by atoms with van der Waals surface area (Å²) in [5.74, 6) is -0.343. The lowest BCUT2D eigenvalue weighted by atomic mass is 10.1. The molecule has 1 aliphatic carbocycles. The molecule has 132 valence electrons. The standard InChI is InChI=1S/C20H18N2O3S/c23-20(21-19-10-4-6-14-5-1-2-9-18(14)19)15-7-3-8-17(13-15)26(24,25)22-16-11-12-16/h1-10,13,16,22H,11-12H2,(H,21,23). The Labute approximate surface area is 152 Å². The van der Waals surface area contributed by atoms with E-state index >= 15 is 0 Å². The summed E-state index contributed by atoms with van der Waals surface area (Å²) in [6, 6.07) is 19.6. The molecule has 26 heavy (non-hydrogen) atoms. The van der Waals surface area contributed by atoms with Gasteiger partial charge in [-0.3, -0.25) is 4.79 Å². The van der Waals surface area contributed by atoms with E-state index in [-0.39, 0.29) is 16.8 Å². The van der Waals surface area contributed by atoms with E-state index in [0.29, 0.717) is 11.3 Å². The van der Waals surface area contributed by atoms with E-state index in [4.69, 9.17) is 0 Å². The highest BCUT2D eigenvalue weighted by Gasteiger charge is 2.28. The minimum Gasteiger partial charge on any atom is -0.321 e. The van der Waals surface area contributed by atoms with Crippen LogP contribution in [0, 0.1) is 0 Å². The van der Waals surface area contributed by atoms with Crippen molar-refractivity contribution in [3.63, 3.8) is 0 Å². The SMILES string of the molecule is O=C(Nc1cccc2ccccc12)c1cccc(S(=O)(=O)NC2CC2)c1. The van der Waals surface area contributed by atoms with Crippen molar-refractivity contribution in [3.8, 4) is 0 Å². The van der Waals surface area contributed by atoms with Crippen molar-refractivity contribution < 1.29 is 13.2 Å². The third kappa shape index (κ3) is 3.47. The number of hydrogen-bond donors (Lipinski definition) is 2. The summed E-state index contributed by atoms with van der Waals surface area (Å²) in [6.45, 7) is 0. The number of benzene rings is 3. The Hall–Kier alpha value is -2.70. The molecule has 2 N–H and O–H groups in total. The summed E-state index contributed by atoms with van der Waals surface area (Å²) < 4.78 is 27.3. The smallest absolute Gasteiger partial charge is 0.255 e. The Kier molecular flexibility index (Phi) is 4.22. The van der Waals surface area contributed by atoms with Crippen molar-refractivity contribution in [1.82, 2.24) is 4.72 Å². The average Bonchev–Trinajstić information content (AvgIpc) is 3.45. The number of nitrogens with one attached hydrogen (secondary N) is 2. The van der Waals surface area contributed by atoms with E-state index in [1.807, 2.05) is 42.5 Å². The minimum atomic E-state index is -3.59. The van der Waals surface area contributed by atoms with E-state index in [1.54, 1.807) is 12.1 Å². The molecule has 0 atom stereocenters. The number of carbonyl (C=O) groups is 1. The molecule has 0 bridgehead atoms. The molecule has 0 aromatic heterocycles. The van der Waals surface area contributed by atoms with Crippen molar-refractivity contribution in [2.45, 2.75) is 23.8 Å². The second kappa shape index (κ2) is 6.55. The average molecular weight is 366 g/mol. The van der Waals surface area contributed by atoms with Crippen LogP contribution in [0.4, 0.5) is 5.69 Å². The van der Waals surface area contributed by atoms with Crippen molar-refractivity contribution >= 4 is 32.4 Å². The van der Waals surface area contributed by atoms with Gasteiger partial charge < -0.3 is 5.32 Å². The Morgan fingerprint density at radius 1 is 0.923 bits per heavy atom. The first kappa shape index (κ1) is 16.8. The van der Waals surface area contributed by atoms with Gasteiger partial charge in [-0.15, -0.1) is 0 Å². The minimum absolute atomic E-state index is 0.0214. The lowest BCUT2D eigenvalue weighted by molar-refractivity contribution is 0.102. The van der Waals surface area contributed by atoms with Gasteiger partial charge in [-0.1, -0.05) is 42.5 Å². The molecule has 1 fully saturated rings. The fourth-order valence-electron chi connectivity index (χ4n) is 2.82. The highest BCUT2D eigenvalue weighted by Crippen LogP contribution is 2.25. The quantitative estimate of drug-likeness (QED) is 0.725. The maximum absolute atomic E-state index is 12.6. The maximum Gasteiger partial charge on any atom is 0.255 e. The van der Waals surface area contributed by atoms with Gasteiger partial charge >= 0.3 is 0 Å². The number of hydrogen-bond acceptors (Lipinski definition) is 3. The molecule has 0 saturated heterocycles. The zero-order chi connectivity index (χ0) is 18.1. The third-order valence-corrected chi connectivity index (χ3v) is 5.86. The van der Waals surface area contributed by atoms with Gasteiger partial charge in [-0.05, 0) is 42.5 Å². The first-order valence-corrected chi connectivity index (χ1v) is 9.93. The van der Waals surface area contributed by atoms with Gasteiger partial charge in [0, 0.05) is 22.7 Å². The van der Waals surface area contributed by atoms with Gasteiger partial charge in [0.25, 0.3) is 5.91 Å². The number of anilines is 1. The first-order chi connectivity index (χ1) is 12.5. The number of amides is 1. The Bertz CT molecular complexity index is 1080. The van der Waals surface area contributed by atoms with Crippen LogP contribution in [0.25, 0.3) is 10.8 Å². The number of carbonyl (C=O) groups excluding carboxylic acids is 1. The summed E-state index contributed by atoms with van der Waals surface area (Å²) in [6.07, 6.45) is 1.72. The van der Waals surface area contributed by atoms with Crippen LogP contribution in [0.5, 0.6) is 0 Å². The number of rotatable bonds is 5. The normalized spacial score (nSPS) is 14.3. The van der Waals surface area contributed by atoms with E-state index < -0.39 is 10.0 Å². The predicted molar refractivity (Wildman–Crippen MR) is 102 cm³/mol. The lowest BCUT2D eigenvalue weighted by Gasteiger charge is -2.10. The fourth-order valence-corrected chi connectivity index (χ4v) is 4.17. The van der Waals surface area contributed by atoms with Crippen LogP contribution in [0.15, 0.2) is 71.6 Å². The van der Waals surface area contributed by atoms with E-state index in [1.165, 1.54) is 12.1 Å². The van der Waals surface area contributed by atoms with Gasteiger partial charge in [0.1, 0.15) is 0 Å². The number of sulfonamides is 1. The molecule has 6 heteroatoms. The largest absolute Gasteiger partial charge is 0.321 e. The number of fused-ring (bicyclic) bond motifs is 1. The van der Waals surface area contributed by atoms with Crippen molar-refractivity contribution in [2.24, 2.45) is 0 Å². The van der Waals surface area contributed by atoms with E-state index in [9.17, 15) is 13.2 Å². The summed E-state index contributed by atoms with van der Waals surface area (Å²) >= 11 is 0. The van der Waals surface area contributed by atoms with Gasteiger partial charge in [0.15, 0.2) is 0 Å². The topological polar surface area (TPSA) is 75.3 Å². The lowest BCUT2D eigenvalue weighted by Crippen LogP contribution is -2.26. The molecule has 4 rings (SSSR count). The summed E-state index contributed by atoms with van der Waals surface area (Å²) in [5.41, 5.74) is 0.995. The van der Waals surface area contributed by atoms with Gasteiger partial charge in [0.2, 0.25) is 10.0 Å². The monoisotopic (exact) mass is 366 g/mol. The summed E-state index contributed by atoms with van der Waals surface area (Å²) in [7, 11) is -3.59. The van der Waals surface area contributed by atoms with Gasteiger partial charge in [-0.25, -0.2) is 13.1 Å². The molecular weight excluding hydrogens is 348 g/mol. The van der Waals surface area contributed by atoms with Crippen LogP contribution in [-0.4, -0.2) is 20.4 Å². The Balaban J connectivity index is 1.61.